The maximum absolute atomic E-state index is 11.6. The highest BCUT2D eigenvalue weighted by Gasteiger charge is 2.42. The SMILES string of the molecule is C[C@@H]1O[C@@H](OCCNC(=O)CCCCCOC(N)=O)[C@@H](O)[C@H](O)[C@@H]1O. The number of hydrogen-bond donors (Lipinski definition) is 5. The molecule has 0 saturated carbocycles. The van der Waals surface area contributed by atoms with Crippen LogP contribution in [-0.2, 0) is 19.0 Å². The molecule has 1 fully saturated rings. The molecule has 0 aromatic rings. The van der Waals surface area contributed by atoms with Gasteiger partial charge in [0.05, 0.1) is 19.3 Å². The summed E-state index contributed by atoms with van der Waals surface area (Å²) in [4.78, 5) is 22.0. The van der Waals surface area contributed by atoms with E-state index in [1.807, 2.05) is 0 Å². The maximum Gasteiger partial charge on any atom is 0.404 e. The number of nitrogens with one attached hydrogen (secondary N) is 1. The molecule has 146 valence electrons. The van der Waals surface area contributed by atoms with Gasteiger partial charge in [-0.25, -0.2) is 4.79 Å². The molecular formula is C15H28N2O8. The summed E-state index contributed by atoms with van der Waals surface area (Å²) in [5, 5.41) is 31.6. The van der Waals surface area contributed by atoms with E-state index in [0.717, 1.165) is 6.42 Å². The first-order chi connectivity index (χ1) is 11.8. The summed E-state index contributed by atoms with van der Waals surface area (Å²) < 4.78 is 15.1. The minimum atomic E-state index is -1.36. The number of primary amides is 1. The van der Waals surface area contributed by atoms with Crippen LogP contribution in [0.5, 0.6) is 0 Å². The second-order valence-electron chi connectivity index (χ2n) is 5.88. The van der Waals surface area contributed by atoms with Crippen LogP contribution in [0.4, 0.5) is 4.79 Å². The smallest absolute Gasteiger partial charge is 0.404 e. The lowest BCUT2D eigenvalue weighted by Gasteiger charge is -2.38. The predicted molar refractivity (Wildman–Crippen MR) is 85.3 cm³/mol. The molecule has 0 aromatic heterocycles. The Bertz CT molecular complexity index is 422. The van der Waals surface area contributed by atoms with Gasteiger partial charge in [0.2, 0.25) is 5.91 Å². The normalized spacial score (nSPS) is 29.2. The van der Waals surface area contributed by atoms with Crippen LogP contribution in [0.15, 0.2) is 0 Å². The lowest BCUT2D eigenvalue weighted by atomic mass is 10.0. The zero-order valence-corrected chi connectivity index (χ0v) is 14.3. The molecule has 0 radical (unpaired) electrons. The van der Waals surface area contributed by atoms with Gasteiger partial charge in [-0.2, -0.15) is 0 Å². The van der Waals surface area contributed by atoms with Crippen molar-refractivity contribution in [1.29, 1.82) is 0 Å². The molecule has 0 aliphatic carbocycles. The van der Waals surface area contributed by atoms with Gasteiger partial charge in [-0.3, -0.25) is 4.79 Å². The lowest BCUT2D eigenvalue weighted by molar-refractivity contribution is -0.292. The molecule has 1 rings (SSSR count). The quantitative estimate of drug-likeness (QED) is 0.296. The fourth-order valence-corrected chi connectivity index (χ4v) is 2.34. The van der Waals surface area contributed by atoms with E-state index in [0.29, 0.717) is 19.3 Å². The number of ether oxygens (including phenoxy) is 3. The van der Waals surface area contributed by atoms with Crippen molar-refractivity contribution < 1.29 is 39.1 Å². The summed E-state index contributed by atoms with van der Waals surface area (Å²) in [5.41, 5.74) is 4.82. The number of carbonyl (C=O) groups is 2. The van der Waals surface area contributed by atoms with E-state index in [1.54, 1.807) is 6.92 Å². The Morgan fingerprint density at radius 3 is 2.48 bits per heavy atom. The molecule has 1 aliphatic heterocycles. The summed E-state index contributed by atoms with van der Waals surface area (Å²) in [5.74, 6) is -0.145. The number of aliphatic hydroxyl groups excluding tert-OH is 3. The van der Waals surface area contributed by atoms with Gasteiger partial charge in [0.15, 0.2) is 6.29 Å². The van der Waals surface area contributed by atoms with Crippen molar-refractivity contribution in [3.05, 3.63) is 0 Å². The van der Waals surface area contributed by atoms with E-state index in [-0.39, 0.29) is 25.7 Å². The number of rotatable bonds is 10. The highest BCUT2D eigenvalue weighted by atomic mass is 16.7. The van der Waals surface area contributed by atoms with Crippen LogP contribution in [0.25, 0.3) is 0 Å². The Kier molecular flexibility index (Phi) is 9.68. The lowest BCUT2D eigenvalue weighted by Crippen LogP contribution is -2.57. The fourth-order valence-electron chi connectivity index (χ4n) is 2.34. The minimum absolute atomic E-state index is 0.0927. The molecule has 0 unspecified atom stereocenters. The Balaban J connectivity index is 2.07. The Hall–Kier alpha value is -1.46. The molecule has 0 bridgehead atoms. The summed E-state index contributed by atoms with van der Waals surface area (Å²) in [7, 11) is 0. The maximum atomic E-state index is 11.6. The summed E-state index contributed by atoms with van der Waals surface area (Å²) in [6.07, 6.45) is -4.05. The van der Waals surface area contributed by atoms with Crippen LogP contribution in [0, 0.1) is 0 Å². The number of hydrogen-bond acceptors (Lipinski definition) is 8. The second-order valence-corrected chi connectivity index (χ2v) is 5.88. The standard InChI is InChI=1S/C15H28N2O8/c1-9-11(19)12(20)13(21)14(25-9)23-8-6-17-10(18)5-3-2-4-7-24-15(16)22/h9,11-14,19-21H,2-8H2,1H3,(H2,16,22)(H,17,18)/t9-,11+,12+,13-,14+/m0/s1. The fraction of sp³-hybridized carbons (Fsp3) is 0.867. The molecule has 1 heterocycles. The highest BCUT2D eigenvalue weighted by molar-refractivity contribution is 5.75. The summed E-state index contributed by atoms with van der Waals surface area (Å²) in [6, 6.07) is 0. The molecule has 25 heavy (non-hydrogen) atoms. The molecule has 0 spiro atoms. The van der Waals surface area contributed by atoms with Gasteiger partial charge in [0.25, 0.3) is 0 Å². The van der Waals surface area contributed by atoms with Gasteiger partial charge in [0.1, 0.15) is 18.3 Å². The van der Waals surface area contributed by atoms with Gasteiger partial charge in [-0.05, 0) is 26.2 Å². The van der Waals surface area contributed by atoms with Crippen molar-refractivity contribution in [1.82, 2.24) is 5.32 Å². The van der Waals surface area contributed by atoms with Gasteiger partial charge in [-0.15, -0.1) is 0 Å². The van der Waals surface area contributed by atoms with Crippen LogP contribution in [0.3, 0.4) is 0 Å². The minimum Gasteiger partial charge on any atom is -0.450 e. The zero-order valence-electron chi connectivity index (χ0n) is 14.3. The topological polar surface area (TPSA) is 161 Å². The van der Waals surface area contributed by atoms with Crippen molar-refractivity contribution in [3.8, 4) is 0 Å². The molecule has 6 N–H and O–H groups in total. The molecule has 1 saturated heterocycles. The average molecular weight is 364 g/mol. The molecule has 5 atom stereocenters. The Morgan fingerprint density at radius 2 is 1.80 bits per heavy atom. The van der Waals surface area contributed by atoms with Gasteiger partial charge in [-0.1, -0.05) is 0 Å². The van der Waals surface area contributed by atoms with Gasteiger partial charge >= 0.3 is 6.09 Å². The van der Waals surface area contributed by atoms with Crippen LogP contribution in [0.2, 0.25) is 0 Å². The van der Waals surface area contributed by atoms with Crippen molar-refractivity contribution in [2.24, 2.45) is 5.73 Å². The van der Waals surface area contributed by atoms with E-state index in [1.165, 1.54) is 0 Å². The first-order valence-electron chi connectivity index (χ1n) is 8.33. The van der Waals surface area contributed by atoms with Gasteiger partial charge < -0.3 is 40.6 Å². The van der Waals surface area contributed by atoms with Crippen LogP contribution >= 0.6 is 0 Å². The number of carbonyl (C=O) groups excluding carboxylic acids is 2. The van der Waals surface area contributed by atoms with E-state index in [9.17, 15) is 24.9 Å². The number of aliphatic hydroxyl groups is 3. The largest absolute Gasteiger partial charge is 0.450 e. The van der Waals surface area contributed by atoms with Gasteiger partial charge in [0, 0.05) is 13.0 Å². The van der Waals surface area contributed by atoms with Crippen molar-refractivity contribution >= 4 is 12.0 Å². The Labute approximate surface area is 146 Å². The average Bonchev–Trinajstić information content (AvgIpc) is 2.56. The van der Waals surface area contributed by atoms with Crippen molar-refractivity contribution in [2.75, 3.05) is 19.8 Å². The third-order valence-electron chi connectivity index (χ3n) is 3.81. The number of amides is 2. The third-order valence-corrected chi connectivity index (χ3v) is 3.81. The van der Waals surface area contributed by atoms with E-state index in [4.69, 9.17) is 15.2 Å². The number of nitrogens with two attached hydrogens (primary N) is 1. The molecular weight excluding hydrogens is 336 g/mol. The number of unbranched alkanes of at least 4 members (excludes halogenated alkanes) is 2. The van der Waals surface area contributed by atoms with E-state index >= 15 is 0 Å². The monoisotopic (exact) mass is 364 g/mol. The molecule has 0 aromatic carbocycles. The Morgan fingerprint density at radius 1 is 1.08 bits per heavy atom. The van der Waals surface area contributed by atoms with Crippen molar-refractivity contribution in [3.63, 3.8) is 0 Å². The second kappa shape index (κ2) is 11.2. The summed E-state index contributed by atoms with van der Waals surface area (Å²) >= 11 is 0. The first-order valence-corrected chi connectivity index (χ1v) is 8.33. The molecule has 10 heteroatoms. The molecule has 1 aliphatic rings. The summed E-state index contributed by atoms with van der Waals surface area (Å²) in [6.45, 7) is 2.12. The van der Waals surface area contributed by atoms with Crippen LogP contribution in [0.1, 0.15) is 32.6 Å². The van der Waals surface area contributed by atoms with E-state index < -0.39 is 36.8 Å². The predicted octanol–water partition coefficient (Wildman–Crippen LogP) is -1.40. The van der Waals surface area contributed by atoms with Crippen LogP contribution in [-0.4, -0.2) is 77.8 Å². The third kappa shape index (κ3) is 7.97. The molecule has 2 amide bonds. The zero-order chi connectivity index (χ0) is 18.8. The van der Waals surface area contributed by atoms with Crippen LogP contribution < -0.4 is 11.1 Å². The van der Waals surface area contributed by atoms with Crippen molar-refractivity contribution in [2.45, 2.75) is 63.3 Å². The van der Waals surface area contributed by atoms with E-state index in [2.05, 4.69) is 10.1 Å². The first kappa shape index (κ1) is 21.6. The molecule has 10 nitrogen and oxygen atoms in total. The highest BCUT2D eigenvalue weighted by Crippen LogP contribution is 2.21.